The van der Waals surface area contributed by atoms with Crippen molar-refractivity contribution in [2.45, 2.75) is 12.6 Å². The first kappa shape index (κ1) is 15.0. The van der Waals surface area contributed by atoms with Gasteiger partial charge in [-0.1, -0.05) is 54.6 Å². The first-order valence-corrected chi connectivity index (χ1v) is 6.77. The number of hydrogen-bond donors (Lipinski definition) is 0. The number of fused-ring (bicyclic) bond motifs is 1. The molecule has 0 aliphatic carbocycles. The zero-order valence-electron chi connectivity index (χ0n) is 11.7. The van der Waals surface area contributed by atoms with Crippen molar-refractivity contribution < 1.29 is 4.74 Å². The molecule has 0 unspecified atom stereocenters. The van der Waals surface area contributed by atoms with Gasteiger partial charge in [0.05, 0.1) is 6.61 Å². The molecule has 1 aliphatic heterocycles. The number of ether oxygens (including phenoxy) is 1. The Bertz CT molecular complexity index is 544. The van der Waals surface area contributed by atoms with Crippen LogP contribution in [0.1, 0.15) is 22.8 Å². The van der Waals surface area contributed by atoms with Crippen molar-refractivity contribution in [2.75, 3.05) is 20.2 Å². The Balaban J connectivity index is 0.00000147. The topological polar surface area (TPSA) is 12.5 Å². The van der Waals surface area contributed by atoms with Gasteiger partial charge in [-0.2, -0.15) is 0 Å². The molecule has 2 aromatic carbocycles. The van der Waals surface area contributed by atoms with E-state index >= 15 is 0 Å². The van der Waals surface area contributed by atoms with Gasteiger partial charge in [0.15, 0.2) is 0 Å². The molecule has 1 heterocycles. The van der Waals surface area contributed by atoms with Crippen LogP contribution in [0.2, 0.25) is 0 Å². The van der Waals surface area contributed by atoms with Crippen molar-refractivity contribution in [3.8, 4) is 0 Å². The minimum absolute atomic E-state index is 0. The molecule has 0 spiro atoms. The fourth-order valence-corrected chi connectivity index (χ4v) is 2.62. The van der Waals surface area contributed by atoms with Crippen LogP contribution in [0.25, 0.3) is 0 Å². The van der Waals surface area contributed by atoms with E-state index in [1.165, 1.54) is 16.7 Å². The van der Waals surface area contributed by atoms with E-state index in [0.717, 1.165) is 19.7 Å². The Kier molecular flexibility index (Phi) is 5.18. The molecule has 106 valence electrons. The largest absolute Gasteiger partial charge is 0.367 e. The average molecular weight is 290 g/mol. The van der Waals surface area contributed by atoms with Crippen LogP contribution in [-0.4, -0.2) is 25.1 Å². The van der Waals surface area contributed by atoms with Crippen LogP contribution < -0.4 is 0 Å². The van der Waals surface area contributed by atoms with Gasteiger partial charge >= 0.3 is 0 Å². The summed E-state index contributed by atoms with van der Waals surface area (Å²) >= 11 is 0. The molecule has 0 radical (unpaired) electrons. The van der Waals surface area contributed by atoms with E-state index in [-0.39, 0.29) is 18.5 Å². The highest BCUT2D eigenvalue weighted by molar-refractivity contribution is 5.85. The maximum Gasteiger partial charge on any atom is 0.108 e. The molecule has 0 bridgehead atoms. The molecule has 0 saturated heterocycles. The van der Waals surface area contributed by atoms with Crippen molar-refractivity contribution in [3.05, 3.63) is 71.3 Å². The van der Waals surface area contributed by atoms with Crippen molar-refractivity contribution in [1.29, 1.82) is 0 Å². The Labute approximate surface area is 126 Å². The van der Waals surface area contributed by atoms with Gasteiger partial charge in [-0.05, 0) is 23.7 Å². The van der Waals surface area contributed by atoms with Crippen LogP contribution in [0.4, 0.5) is 0 Å². The van der Waals surface area contributed by atoms with E-state index in [0.29, 0.717) is 0 Å². The SMILES string of the molecule is CN1CCO[C@H](c2ccccc2)c2ccccc2C1.Cl. The summed E-state index contributed by atoms with van der Waals surface area (Å²) in [6.45, 7) is 2.73. The molecular formula is C17H20ClNO. The molecule has 1 aliphatic rings. The van der Waals surface area contributed by atoms with Gasteiger partial charge in [-0.3, -0.25) is 4.90 Å². The second-order valence-corrected chi connectivity index (χ2v) is 5.10. The predicted molar refractivity (Wildman–Crippen MR) is 84.3 cm³/mol. The normalized spacial score (nSPS) is 19.4. The first-order chi connectivity index (χ1) is 9.34. The number of hydrogen-bond acceptors (Lipinski definition) is 2. The van der Waals surface area contributed by atoms with E-state index < -0.39 is 0 Å². The van der Waals surface area contributed by atoms with Crippen molar-refractivity contribution in [3.63, 3.8) is 0 Å². The van der Waals surface area contributed by atoms with E-state index in [2.05, 4.69) is 60.5 Å². The van der Waals surface area contributed by atoms with Crippen molar-refractivity contribution >= 4 is 12.4 Å². The molecule has 1 atom stereocenters. The molecule has 0 fully saturated rings. The van der Waals surface area contributed by atoms with Crippen LogP contribution in [0.15, 0.2) is 54.6 Å². The maximum absolute atomic E-state index is 6.12. The summed E-state index contributed by atoms with van der Waals surface area (Å²) in [7, 11) is 2.14. The first-order valence-electron chi connectivity index (χ1n) is 6.77. The third kappa shape index (κ3) is 3.21. The predicted octanol–water partition coefficient (Wildman–Crippen LogP) is 3.66. The molecule has 2 nitrogen and oxygen atoms in total. The zero-order valence-corrected chi connectivity index (χ0v) is 12.5. The zero-order chi connectivity index (χ0) is 13.1. The van der Waals surface area contributed by atoms with Gasteiger partial charge in [0.2, 0.25) is 0 Å². The summed E-state index contributed by atoms with van der Waals surface area (Å²) in [5, 5.41) is 0. The Morgan fingerprint density at radius 2 is 1.70 bits per heavy atom. The van der Waals surface area contributed by atoms with Crippen LogP contribution in [0.3, 0.4) is 0 Å². The van der Waals surface area contributed by atoms with Crippen molar-refractivity contribution in [1.82, 2.24) is 4.90 Å². The summed E-state index contributed by atoms with van der Waals surface area (Å²) < 4.78 is 6.12. The lowest BCUT2D eigenvalue weighted by atomic mass is 9.96. The molecule has 3 heteroatoms. The number of nitrogens with zero attached hydrogens (tertiary/aromatic N) is 1. The number of halogens is 1. The fourth-order valence-electron chi connectivity index (χ4n) is 2.62. The molecular weight excluding hydrogens is 270 g/mol. The Morgan fingerprint density at radius 1 is 1.00 bits per heavy atom. The van der Waals surface area contributed by atoms with Gasteiger partial charge in [0.25, 0.3) is 0 Å². The lowest BCUT2D eigenvalue weighted by Gasteiger charge is -2.28. The molecule has 0 aromatic heterocycles. The number of likely N-dealkylation sites (N-methyl/N-ethyl adjacent to an activating group) is 1. The highest BCUT2D eigenvalue weighted by Gasteiger charge is 2.20. The van der Waals surface area contributed by atoms with E-state index in [4.69, 9.17) is 4.74 Å². The third-order valence-electron chi connectivity index (χ3n) is 3.64. The molecule has 20 heavy (non-hydrogen) atoms. The monoisotopic (exact) mass is 289 g/mol. The lowest BCUT2D eigenvalue weighted by Crippen LogP contribution is -2.27. The number of rotatable bonds is 1. The molecule has 3 rings (SSSR count). The fraction of sp³-hybridized carbons (Fsp3) is 0.294. The highest BCUT2D eigenvalue weighted by Crippen LogP contribution is 2.30. The standard InChI is InChI=1S/C17H19NO.ClH/c1-18-11-12-19-17(14-7-3-2-4-8-14)16-10-6-5-9-15(16)13-18;/h2-10,17H,11-13H2,1H3;1H/t17-;/m1./s1. The lowest BCUT2D eigenvalue weighted by molar-refractivity contribution is 0.0554. The maximum atomic E-state index is 6.12. The Morgan fingerprint density at radius 3 is 2.50 bits per heavy atom. The van der Waals surface area contributed by atoms with E-state index in [1.54, 1.807) is 0 Å². The Hall–Kier alpha value is -1.35. The minimum Gasteiger partial charge on any atom is -0.367 e. The second-order valence-electron chi connectivity index (χ2n) is 5.10. The molecule has 0 saturated carbocycles. The summed E-state index contributed by atoms with van der Waals surface area (Å²) in [5.74, 6) is 0. The van der Waals surface area contributed by atoms with Crippen molar-refractivity contribution in [2.24, 2.45) is 0 Å². The van der Waals surface area contributed by atoms with Gasteiger partial charge < -0.3 is 4.74 Å². The summed E-state index contributed by atoms with van der Waals surface area (Å²) in [6.07, 6.45) is 0.0612. The van der Waals surface area contributed by atoms with E-state index in [1.807, 2.05) is 6.07 Å². The average Bonchev–Trinajstić information content (AvgIpc) is 2.43. The summed E-state index contributed by atoms with van der Waals surface area (Å²) in [6, 6.07) is 19.1. The molecule has 0 amide bonds. The van der Waals surface area contributed by atoms with Gasteiger partial charge in [0.1, 0.15) is 6.10 Å². The van der Waals surface area contributed by atoms with Crippen LogP contribution in [0.5, 0.6) is 0 Å². The molecule has 2 aromatic rings. The van der Waals surface area contributed by atoms with Crippen LogP contribution in [-0.2, 0) is 11.3 Å². The quantitative estimate of drug-likeness (QED) is 0.794. The number of benzene rings is 2. The summed E-state index contributed by atoms with van der Waals surface area (Å²) in [4.78, 5) is 2.31. The van der Waals surface area contributed by atoms with Gasteiger partial charge in [-0.25, -0.2) is 0 Å². The van der Waals surface area contributed by atoms with Crippen LogP contribution >= 0.6 is 12.4 Å². The smallest absolute Gasteiger partial charge is 0.108 e. The summed E-state index contributed by atoms with van der Waals surface area (Å²) in [5.41, 5.74) is 3.89. The minimum atomic E-state index is 0. The van der Waals surface area contributed by atoms with Gasteiger partial charge in [-0.15, -0.1) is 12.4 Å². The highest BCUT2D eigenvalue weighted by atomic mass is 35.5. The molecule has 0 N–H and O–H groups in total. The van der Waals surface area contributed by atoms with Crippen LogP contribution in [0, 0.1) is 0 Å². The second kappa shape index (κ2) is 6.89. The third-order valence-corrected chi connectivity index (χ3v) is 3.64. The van der Waals surface area contributed by atoms with Gasteiger partial charge in [0, 0.05) is 13.1 Å². The van der Waals surface area contributed by atoms with E-state index in [9.17, 15) is 0 Å².